The molecule has 0 spiro atoms. The van der Waals surface area contributed by atoms with Gasteiger partial charge >= 0.3 is 5.97 Å². The fraction of sp³-hybridized carbons (Fsp3) is 0.846. The maximum Gasteiger partial charge on any atom is 0.313 e. The predicted octanol–water partition coefficient (Wildman–Crippen LogP) is 0.407. The van der Waals surface area contributed by atoms with Crippen LogP contribution in [-0.2, 0) is 19.1 Å². The van der Waals surface area contributed by atoms with E-state index >= 15 is 0 Å². The fourth-order valence-electron chi connectivity index (χ4n) is 2.71. The number of amides is 1. The highest BCUT2D eigenvalue weighted by atomic mass is 16.5. The molecule has 2 saturated heterocycles. The van der Waals surface area contributed by atoms with Gasteiger partial charge in [-0.25, -0.2) is 0 Å². The molecule has 0 bridgehead atoms. The average Bonchev–Trinajstić information content (AvgIpc) is 2.97. The Kier molecular flexibility index (Phi) is 4.10. The Balaban J connectivity index is 2.00. The Bertz CT molecular complexity index is 372. The molecule has 2 aliphatic rings. The van der Waals surface area contributed by atoms with Crippen LogP contribution in [0.1, 0.15) is 26.7 Å². The first-order valence-corrected chi connectivity index (χ1v) is 6.72. The summed E-state index contributed by atoms with van der Waals surface area (Å²) in [7, 11) is 0. The number of carbonyl (C=O) groups excluding carboxylic acids is 1. The number of carboxylic acids is 1. The normalized spacial score (nSPS) is 38.3. The minimum atomic E-state index is -1.04. The summed E-state index contributed by atoms with van der Waals surface area (Å²) in [4.78, 5) is 23.5. The summed E-state index contributed by atoms with van der Waals surface area (Å²) in [5.74, 6) is -1.24. The summed E-state index contributed by atoms with van der Waals surface area (Å²) in [6.07, 6.45) is 1.43. The molecule has 0 aromatic carbocycles. The Morgan fingerprint density at radius 2 is 2.21 bits per heavy atom. The van der Waals surface area contributed by atoms with Crippen LogP contribution in [0, 0.1) is 11.3 Å². The number of carboxylic acid groups (broad SMARTS) is 1. The van der Waals surface area contributed by atoms with Gasteiger partial charge < -0.3 is 19.9 Å². The van der Waals surface area contributed by atoms with Crippen molar-refractivity contribution in [2.45, 2.75) is 38.8 Å². The second-order valence-electron chi connectivity index (χ2n) is 5.51. The minimum Gasteiger partial charge on any atom is -0.481 e. The molecule has 19 heavy (non-hydrogen) atoms. The molecule has 4 atom stereocenters. The van der Waals surface area contributed by atoms with Crippen LogP contribution >= 0.6 is 0 Å². The van der Waals surface area contributed by atoms with E-state index in [1.165, 1.54) is 0 Å². The second kappa shape index (κ2) is 5.46. The Morgan fingerprint density at radius 1 is 1.47 bits per heavy atom. The largest absolute Gasteiger partial charge is 0.481 e. The molecule has 6 heteroatoms. The van der Waals surface area contributed by atoms with Gasteiger partial charge in [0.1, 0.15) is 5.41 Å². The van der Waals surface area contributed by atoms with E-state index in [0.29, 0.717) is 13.0 Å². The zero-order chi connectivity index (χ0) is 14.0. The number of aliphatic carboxylic acids is 1. The van der Waals surface area contributed by atoms with Crippen molar-refractivity contribution in [3.05, 3.63) is 0 Å². The lowest BCUT2D eigenvalue weighted by molar-refractivity contribution is -0.149. The van der Waals surface area contributed by atoms with E-state index in [2.05, 4.69) is 5.32 Å². The average molecular weight is 271 g/mol. The van der Waals surface area contributed by atoms with Crippen molar-refractivity contribution in [1.29, 1.82) is 0 Å². The molecule has 2 aliphatic heterocycles. The van der Waals surface area contributed by atoms with Crippen molar-refractivity contribution in [3.63, 3.8) is 0 Å². The summed E-state index contributed by atoms with van der Waals surface area (Å²) >= 11 is 0. The fourth-order valence-corrected chi connectivity index (χ4v) is 2.71. The number of nitrogens with one attached hydrogen (secondary N) is 1. The van der Waals surface area contributed by atoms with Crippen molar-refractivity contribution in [2.75, 3.05) is 19.8 Å². The molecule has 0 aromatic rings. The molecule has 108 valence electrons. The van der Waals surface area contributed by atoms with Crippen LogP contribution in [0.25, 0.3) is 0 Å². The molecule has 0 aliphatic carbocycles. The third kappa shape index (κ3) is 2.60. The molecule has 2 fully saturated rings. The molecular weight excluding hydrogens is 250 g/mol. The lowest BCUT2D eigenvalue weighted by atomic mass is 9.85. The van der Waals surface area contributed by atoms with Crippen LogP contribution in [0.15, 0.2) is 0 Å². The van der Waals surface area contributed by atoms with Gasteiger partial charge in [0.25, 0.3) is 0 Å². The molecule has 6 nitrogen and oxygen atoms in total. The van der Waals surface area contributed by atoms with Gasteiger partial charge in [-0.2, -0.15) is 0 Å². The van der Waals surface area contributed by atoms with E-state index in [-0.39, 0.29) is 31.1 Å². The summed E-state index contributed by atoms with van der Waals surface area (Å²) in [6.45, 7) is 4.56. The van der Waals surface area contributed by atoms with E-state index in [0.717, 1.165) is 6.42 Å². The predicted molar refractivity (Wildman–Crippen MR) is 66.6 cm³/mol. The van der Waals surface area contributed by atoms with Crippen molar-refractivity contribution >= 4 is 11.9 Å². The second-order valence-corrected chi connectivity index (χ2v) is 5.51. The Hall–Kier alpha value is -1.14. The molecule has 1 amide bonds. The molecule has 0 radical (unpaired) electrons. The van der Waals surface area contributed by atoms with E-state index < -0.39 is 17.4 Å². The molecule has 0 saturated carbocycles. The maximum atomic E-state index is 12.2. The maximum absolute atomic E-state index is 12.2. The van der Waals surface area contributed by atoms with Crippen LogP contribution in [0.2, 0.25) is 0 Å². The number of carbonyl (C=O) groups is 2. The van der Waals surface area contributed by atoms with Crippen LogP contribution < -0.4 is 5.32 Å². The van der Waals surface area contributed by atoms with Crippen molar-refractivity contribution in [1.82, 2.24) is 5.32 Å². The third-order valence-corrected chi connectivity index (χ3v) is 4.21. The van der Waals surface area contributed by atoms with Crippen LogP contribution in [0.3, 0.4) is 0 Å². The quantitative estimate of drug-likeness (QED) is 0.773. The first-order chi connectivity index (χ1) is 8.99. The van der Waals surface area contributed by atoms with Crippen LogP contribution in [0.4, 0.5) is 0 Å². The van der Waals surface area contributed by atoms with Crippen molar-refractivity contribution in [3.8, 4) is 0 Å². The highest BCUT2D eigenvalue weighted by molar-refractivity contribution is 5.82. The van der Waals surface area contributed by atoms with Gasteiger partial charge in [0.2, 0.25) is 5.91 Å². The summed E-state index contributed by atoms with van der Waals surface area (Å²) < 4.78 is 10.7. The Morgan fingerprint density at radius 3 is 2.84 bits per heavy atom. The summed E-state index contributed by atoms with van der Waals surface area (Å²) in [6, 6.07) is -0.476. The first kappa shape index (κ1) is 14.3. The van der Waals surface area contributed by atoms with Crippen LogP contribution in [0.5, 0.6) is 0 Å². The van der Waals surface area contributed by atoms with E-state index in [4.69, 9.17) is 9.47 Å². The van der Waals surface area contributed by atoms with Crippen molar-refractivity contribution in [2.24, 2.45) is 11.3 Å². The van der Waals surface area contributed by atoms with Gasteiger partial charge in [-0.3, -0.25) is 9.59 Å². The molecular formula is C13H21NO5. The summed E-state index contributed by atoms with van der Waals surface area (Å²) in [5, 5.41) is 12.1. The zero-order valence-electron chi connectivity index (χ0n) is 11.3. The van der Waals surface area contributed by atoms with Crippen LogP contribution in [-0.4, -0.2) is 48.9 Å². The van der Waals surface area contributed by atoms with Gasteiger partial charge in [0.15, 0.2) is 0 Å². The highest BCUT2D eigenvalue weighted by Gasteiger charge is 2.48. The number of ether oxygens (including phenoxy) is 2. The van der Waals surface area contributed by atoms with Gasteiger partial charge in [-0.1, -0.05) is 6.92 Å². The van der Waals surface area contributed by atoms with Crippen molar-refractivity contribution < 1.29 is 24.2 Å². The smallest absolute Gasteiger partial charge is 0.313 e. The van der Waals surface area contributed by atoms with E-state index in [1.54, 1.807) is 6.92 Å². The molecule has 2 rings (SSSR count). The first-order valence-electron chi connectivity index (χ1n) is 6.72. The van der Waals surface area contributed by atoms with Gasteiger partial charge in [-0.15, -0.1) is 0 Å². The Labute approximate surface area is 112 Å². The zero-order valence-corrected chi connectivity index (χ0v) is 11.3. The number of hydrogen-bond acceptors (Lipinski definition) is 4. The van der Waals surface area contributed by atoms with E-state index in [1.807, 2.05) is 6.92 Å². The molecule has 4 unspecified atom stereocenters. The molecule has 2 heterocycles. The van der Waals surface area contributed by atoms with Gasteiger partial charge in [0.05, 0.1) is 31.3 Å². The molecule has 2 N–H and O–H groups in total. The summed E-state index contributed by atoms with van der Waals surface area (Å²) in [5.41, 5.74) is -1.04. The SMILES string of the molecule is CCC1OCCC1C(=O)NC1COCC1(C)C(=O)O. The van der Waals surface area contributed by atoms with Gasteiger partial charge in [0, 0.05) is 6.61 Å². The lowest BCUT2D eigenvalue weighted by Gasteiger charge is -2.27. The molecule has 0 aromatic heterocycles. The van der Waals surface area contributed by atoms with E-state index in [9.17, 15) is 14.7 Å². The standard InChI is InChI=1S/C13H21NO5/c1-3-9-8(4-5-19-9)11(15)14-10-6-18-7-13(10,2)12(16)17/h8-10H,3-7H2,1-2H3,(H,14,15)(H,16,17). The monoisotopic (exact) mass is 271 g/mol. The highest BCUT2D eigenvalue weighted by Crippen LogP contribution is 2.30. The topological polar surface area (TPSA) is 84.9 Å². The third-order valence-electron chi connectivity index (χ3n) is 4.21. The lowest BCUT2D eigenvalue weighted by Crippen LogP contribution is -2.51. The van der Waals surface area contributed by atoms with Gasteiger partial charge in [-0.05, 0) is 19.8 Å². The minimum absolute atomic E-state index is 0.0570. The number of hydrogen-bond donors (Lipinski definition) is 2. The number of rotatable bonds is 4.